The summed E-state index contributed by atoms with van der Waals surface area (Å²) in [5.74, 6) is 0. The van der Waals surface area contributed by atoms with Crippen molar-refractivity contribution in [3.05, 3.63) is 0 Å². The number of nitrogens with zero attached hydrogens (tertiary/aromatic N) is 1. The van der Waals surface area contributed by atoms with Crippen molar-refractivity contribution in [1.29, 1.82) is 0 Å². The average molecular weight is 236 g/mol. The molecule has 5 heteroatoms. The summed E-state index contributed by atoms with van der Waals surface area (Å²) in [6.45, 7) is 0. The van der Waals surface area contributed by atoms with Crippen LogP contribution >= 0.6 is 12.2 Å². The number of hydrogen-bond acceptors (Lipinski definition) is 2. The van der Waals surface area contributed by atoms with Crippen molar-refractivity contribution in [2.45, 2.75) is 23.5 Å². The van der Waals surface area contributed by atoms with E-state index in [2.05, 4.69) is 22.7 Å². The summed E-state index contributed by atoms with van der Waals surface area (Å²) < 4.78 is 0. The number of thiocarbonyl (C=S) groups is 1. The van der Waals surface area contributed by atoms with Gasteiger partial charge in [-0.2, -0.15) is 0 Å². The summed E-state index contributed by atoms with van der Waals surface area (Å²) in [7, 11) is 0. The van der Waals surface area contributed by atoms with Crippen molar-refractivity contribution in [1.82, 2.24) is 5.43 Å². The summed E-state index contributed by atoms with van der Waals surface area (Å²) in [6.07, 6.45) is 2.24. The summed E-state index contributed by atoms with van der Waals surface area (Å²) in [4.78, 5) is 0. The molecule has 0 bridgehead atoms. The predicted octanol–water partition coefficient (Wildman–Crippen LogP) is 0.510. The van der Waals surface area contributed by atoms with Gasteiger partial charge in [-0.25, -0.2) is 0 Å². The van der Waals surface area contributed by atoms with Crippen molar-refractivity contribution in [2.24, 2.45) is 10.8 Å². The van der Waals surface area contributed by atoms with E-state index in [1.54, 1.807) is 0 Å². The molecule has 0 spiro atoms. The molecule has 11 heavy (non-hydrogen) atoms. The quantitative estimate of drug-likeness (QED) is 0.396. The number of rotatable bonds is 1. The van der Waals surface area contributed by atoms with E-state index < -0.39 is 0 Å². The minimum atomic E-state index is 0.258. The van der Waals surface area contributed by atoms with Gasteiger partial charge in [0.25, 0.3) is 0 Å². The van der Waals surface area contributed by atoms with Crippen LogP contribution in [0.3, 0.4) is 0 Å². The molecule has 62 valence electrons. The standard InChI is InChI=1S/C6H11N3SSe/c7-6(10)9-8-5-1-3-11-4-2-5/h1-4H2,(H3,7,9,10). The van der Waals surface area contributed by atoms with Gasteiger partial charge in [-0.3, -0.25) is 0 Å². The van der Waals surface area contributed by atoms with Crippen molar-refractivity contribution >= 4 is 38.0 Å². The molecule has 1 aliphatic heterocycles. The molecule has 1 fully saturated rings. The van der Waals surface area contributed by atoms with Crippen LogP contribution in [0.5, 0.6) is 0 Å². The maximum atomic E-state index is 5.23. The van der Waals surface area contributed by atoms with Gasteiger partial charge in [0.05, 0.1) is 0 Å². The summed E-state index contributed by atoms with van der Waals surface area (Å²) in [5.41, 5.74) is 9.06. The van der Waals surface area contributed by atoms with Crippen LogP contribution in [0.2, 0.25) is 10.6 Å². The molecule has 3 nitrogen and oxygen atoms in total. The van der Waals surface area contributed by atoms with Gasteiger partial charge in [0, 0.05) is 0 Å². The van der Waals surface area contributed by atoms with E-state index in [0.29, 0.717) is 0 Å². The molecule has 1 saturated heterocycles. The van der Waals surface area contributed by atoms with Crippen LogP contribution in [0.1, 0.15) is 12.8 Å². The molecule has 1 heterocycles. The fourth-order valence-electron chi connectivity index (χ4n) is 0.853. The molecule has 0 amide bonds. The molecule has 0 aromatic heterocycles. The Morgan fingerprint density at radius 1 is 1.55 bits per heavy atom. The zero-order chi connectivity index (χ0) is 8.10. The molecular weight excluding hydrogens is 225 g/mol. The molecule has 0 radical (unpaired) electrons. The van der Waals surface area contributed by atoms with E-state index in [0.717, 1.165) is 27.8 Å². The van der Waals surface area contributed by atoms with Gasteiger partial charge < -0.3 is 0 Å². The Labute approximate surface area is 78.0 Å². The zero-order valence-electron chi connectivity index (χ0n) is 6.17. The van der Waals surface area contributed by atoms with Crippen LogP contribution in [-0.2, 0) is 0 Å². The van der Waals surface area contributed by atoms with Gasteiger partial charge in [0.1, 0.15) is 0 Å². The van der Waals surface area contributed by atoms with Gasteiger partial charge in [0.15, 0.2) is 0 Å². The topological polar surface area (TPSA) is 50.4 Å². The van der Waals surface area contributed by atoms with Gasteiger partial charge in [-0.1, -0.05) is 0 Å². The second kappa shape index (κ2) is 4.70. The second-order valence-corrected chi connectivity index (χ2v) is 5.28. The Bertz CT molecular complexity index is 173. The van der Waals surface area contributed by atoms with Gasteiger partial charge in [-0.05, 0) is 0 Å². The van der Waals surface area contributed by atoms with Crippen LogP contribution < -0.4 is 11.2 Å². The van der Waals surface area contributed by atoms with Crippen molar-refractivity contribution in [3.63, 3.8) is 0 Å². The number of nitrogens with one attached hydrogen (secondary N) is 1. The third-order valence-corrected chi connectivity index (χ3v) is 3.55. The first kappa shape index (κ1) is 8.97. The number of hydrazone groups is 1. The molecule has 3 N–H and O–H groups in total. The summed E-state index contributed by atoms with van der Waals surface area (Å²) >= 11 is 5.48. The Morgan fingerprint density at radius 2 is 2.18 bits per heavy atom. The molecule has 1 rings (SSSR count). The fraction of sp³-hybridized carbons (Fsp3) is 0.667. The third kappa shape index (κ3) is 3.70. The van der Waals surface area contributed by atoms with Crippen LogP contribution in [0.4, 0.5) is 0 Å². The first-order valence-corrected chi connectivity index (χ1v) is 6.31. The van der Waals surface area contributed by atoms with Gasteiger partial charge in [0.2, 0.25) is 0 Å². The predicted molar refractivity (Wildman–Crippen MR) is 52.0 cm³/mol. The SMILES string of the molecule is NC(=S)NN=C1CC[Se]CC1. The average Bonchev–Trinajstić information content (AvgIpc) is 2.03. The first-order valence-electron chi connectivity index (χ1n) is 3.47. The monoisotopic (exact) mass is 237 g/mol. The van der Waals surface area contributed by atoms with Crippen molar-refractivity contribution in [3.8, 4) is 0 Å². The van der Waals surface area contributed by atoms with E-state index >= 15 is 0 Å². The van der Waals surface area contributed by atoms with Crippen LogP contribution in [0, 0.1) is 0 Å². The molecule has 0 aliphatic carbocycles. The van der Waals surface area contributed by atoms with Gasteiger partial charge in [-0.15, -0.1) is 0 Å². The number of nitrogens with two attached hydrogens (primary N) is 1. The van der Waals surface area contributed by atoms with Crippen LogP contribution in [0.25, 0.3) is 0 Å². The van der Waals surface area contributed by atoms with Crippen molar-refractivity contribution < 1.29 is 0 Å². The van der Waals surface area contributed by atoms with E-state index in [1.165, 1.54) is 16.4 Å². The molecule has 1 aliphatic rings. The maximum absolute atomic E-state index is 5.23. The number of hydrogen-bond donors (Lipinski definition) is 2. The van der Waals surface area contributed by atoms with Crippen molar-refractivity contribution in [2.75, 3.05) is 0 Å². The van der Waals surface area contributed by atoms with E-state index in [1.807, 2.05) is 0 Å². The fourth-order valence-corrected chi connectivity index (χ4v) is 2.92. The minimum absolute atomic E-state index is 0.258. The summed E-state index contributed by atoms with van der Waals surface area (Å²) in [5, 5.41) is 6.97. The Balaban J connectivity index is 2.32. The molecule has 0 atom stereocenters. The van der Waals surface area contributed by atoms with Crippen LogP contribution in [0.15, 0.2) is 5.10 Å². The Morgan fingerprint density at radius 3 is 2.73 bits per heavy atom. The second-order valence-electron chi connectivity index (χ2n) is 2.27. The molecule has 0 saturated carbocycles. The van der Waals surface area contributed by atoms with E-state index in [-0.39, 0.29) is 5.11 Å². The van der Waals surface area contributed by atoms with Crippen LogP contribution in [-0.4, -0.2) is 25.8 Å². The Kier molecular flexibility index (Phi) is 3.83. The Hall–Kier alpha value is -0.121. The van der Waals surface area contributed by atoms with Gasteiger partial charge >= 0.3 is 77.7 Å². The third-order valence-electron chi connectivity index (χ3n) is 1.39. The molecular formula is C6H11N3SSe. The van der Waals surface area contributed by atoms with E-state index in [9.17, 15) is 0 Å². The first-order chi connectivity index (χ1) is 5.29. The molecule has 0 unspecified atom stereocenters. The normalized spacial score (nSPS) is 17.6. The zero-order valence-corrected chi connectivity index (χ0v) is 8.70. The molecule has 0 aromatic rings. The van der Waals surface area contributed by atoms with E-state index in [4.69, 9.17) is 5.73 Å². The summed E-state index contributed by atoms with van der Waals surface area (Å²) in [6, 6.07) is 0. The molecule has 0 aromatic carbocycles.